The predicted molar refractivity (Wildman–Crippen MR) is 100 cm³/mol. The summed E-state index contributed by atoms with van der Waals surface area (Å²) in [6.45, 7) is 4.91. The number of halogens is 3. The first-order chi connectivity index (χ1) is 12.5. The van der Waals surface area contributed by atoms with Crippen molar-refractivity contribution in [3.63, 3.8) is 0 Å². The molecule has 2 aromatic carbocycles. The van der Waals surface area contributed by atoms with Gasteiger partial charge in [-0.2, -0.15) is 13.2 Å². The van der Waals surface area contributed by atoms with Crippen LogP contribution in [0.3, 0.4) is 0 Å². The van der Waals surface area contributed by atoms with Crippen molar-refractivity contribution in [3.05, 3.63) is 70.9 Å². The number of benzene rings is 2. The van der Waals surface area contributed by atoms with Gasteiger partial charge in [-0.05, 0) is 48.6 Å². The molecule has 138 valence electrons. The first-order valence-corrected chi connectivity index (χ1v) is 9.20. The van der Waals surface area contributed by atoms with E-state index in [0.29, 0.717) is 0 Å². The highest BCUT2D eigenvalue weighted by Crippen LogP contribution is 2.35. The molecule has 0 N–H and O–H groups in total. The summed E-state index contributed by atoms with van der Waals surface area (Å²) < 4.78 is 41.7. The van der Waals surface area contributed by atoms with Gasteiger partial charge in [0.1, 0.15) is 0 Å². The molecule has 1 nitrogen and oxygen atoms in total. The van der Waals surface area contributed by atoms with Crippen LogP contribution in [0.15, 0.2) is 48.5 Å². The molecular formula is C22H24F3N. The Kier molecular flexibility index (Phi) is 5.40. The maximum Gasteiger partial charge on any atom is 0.416 e. The Bertz CT molecular complexity index is 876. The van der Waals surface area contributed by atoms with Crippen molar-refractivity contribution in [2.24, 2.45) is 0 Å². The lowest BCUT2D eigenvalue weighted by Crippen LogP contribution is -2.07. The first kappa shape index (κ1) is 18.6. The molecule has 0 saturated carbocycles. The maximum absolute atomic E-state index is 13.2. The third kappa shape index (κ3) is 3.64. The summed E-state index contributed by atoms with van der Waals surface area (Å²) in [4.78, 5) is 0. The number of hydrogen-bond donors (Lipinski definition) is 0. The van der Waals surface area contributed by atoms with Crippen LogP contribution < -0.4 is 0 Å². The quantitative estimate of drug-likeness (QED) is 0.479. The Hall–Kier alpha value is -2.23. The van der Waals surface area contributed by atoms with Gasteiger partial charge in [-0.25, -0.2) is 0 Å². The van der Waals surface area contributed by atoms with Crippen LogP contribution in [-0.2, 0) is 32.0 Å². The Morgan fingerprint density at radius 3 is 2.27 bits per heavy atom. The average molecular weight is 359 g/mol. The lowest BCUT2D eigenvalue weighted by molar-refractivity contribution is -0.137. The topological polar surface area (TPSA) is 4.93 Å². The van der Waals surface area contributed by atoms with Crippen molar-refractivity contribution < 1.29 is 13.2 Å². The van der Waals surface area contributed by atoms with E-state index < -0.39 is 11.7 Å². The van der Waals surface area contributed by atoms with E-state index in [9.17, 15) is 13.2 Å². The van der Waals surface area contributed by atoms with Gasteiger partial charge < -0.3 is 4.57 Å². The predicted octanol–water partition coefficient (Wildman–Crippen LogP) is 6.42. The van der Waals surface area contributed by atoms with Crippen molar-refractivity contribution in [2.75, 3.05) is 0 Å². The van der Waals surface area contributed by atoms with Crippen molar-refractivity contribution >= 4 is 10.9 Å². The SMILES string of the molecule is CCCc1c(CC)c2cc(C(F)(F)F)ccc2n1CCc1ccccc1. The standard InChI is InChI=1S/C22H24F3N/c1-3-8-20-18(4-2)19-15-17(22(23,24)25)11-12-21(19)26(20)14-13-16-9-6-5-7-10-16/h5-7,9-12,15H,3-4,8,13-14H2,1-2H3. The number of fused-ring (bicyclic) bond motifs is 1. The van der Waals surface area contributed by atoms with Crippen LogP contribution in [0.4, 0.5) is 13.2 Å². The van der Waals surface area contributed by atoms with Gasteiger partial charge in [0.25, 0.3) is 0 Å². The number of hydrogen-bond acceptors (Lipinski definition) is 0. The number of alkyl halides is 3. The largest absolute Gasteiger partial charge is 0.416 e. The van der Waals surface area contributed by atoms with Gasteiger partial charge in [0.2, 0.25) is 0 Å². The average Bonchev–Trinajstić information content (AvgIpc) is 2.92. The number of aromatic nitrogens is 1. The second kappa shape index (κ2) is 7.56. The minimum atomic E-state index is -4.31. The number of nitrogens with zero attached hydrogens (tertiary/aromatic N) is 1. The Balaban J connectivity index is 2.08. The normalized spacial score (nSPS) is 12.0. The highest BCUT2D eigenvalue weighted by Gasteiger charge is 2.31. The minimum absolute atomic E-state index is 0.567. The van der Waals surface area contributed by atoms with E-state index in [-0.39, 0.29) is 0 Å². The van der Waals surface area contributed by atoms with E-state index in [2.05, 4.69) is 23.6 Å². The monoisotopic (exact) mass is 359 g/mol. The van der Waals surface area contributed by atoms with Crippen molar-refractivity contribution in [2.45, 2.75) is 52.3 Å². The van der Waals surface area contributed by atoms with Gasteiger partial charge in [0, 0.05) is 23.1 Å². The molecule has 0 aliphatic heterocycles. The van der Waals surface area contributed by atoms with Gasteiger partial charge in [-0.1, -0.05) is 50.6 Å². The van der Waals surface area contributed by atoms with Gasteiger partial charge in [-0.15, -0.1) is 0 Å². The molecule has 3 aromatic rings. The summed E-state index contributed by atoms with van der Waals surface area (Å²) in [6.07, 6.45) is -0.845. The summed E-state index contributed by atoms with van der Waals surface area (Å²) >= 11 is 0. The van der Waals surface area contributed by atoms with E-state index in [0.717, 1.165) is 48.7 Å². The summed E-state index contributed by atoms with van der Waals surface area (Å²) in [5.41, 5.74) is 3.82. The highest BCUT2D eigenvalue weighted by molar-refractivity contribution is 5.86. The van der Waals surface area contributed by atoms with Gasteiger partial charge in [0.05, 0.1) is 5.56 Å². The fourth-order valence-electron chi connectivity index (χ4n) is 3.71. The van der Waals surface area contributed by atoms with Crippen LogP contribution in [-0.4, -0.2) is 4.57 Å². The van der Waals surface area contributed by atoms with Crippen LogP contribution in [0.5, 0.6) is 0 Å². The summed E-state index contributed by atoms with van der Waals surface area (Å²) in [5.74, 6) is 0. The van der Waals surface area contributed by atoms with Crippen LogP contribution in [0.1, 0.15) is 42.7 Å². The molecular weight excluding hydrogens is 335 g/mol. The van der Waals surface area contributed by atoms with Crippen LogP contribution >= 0.6 is 0 Å². The van der Waals surface area contributed by atoms with E-state index in [1.165, 1.54) is 23.4 Å². The molecule has 0 aliphatic carbocycles. The molecule has 0 radical (unpaired) electrons. The molecule has 0 bridgehead atoms. The summed E-state index contributed by atoms with van der Waals surface area (Å²) in [7, 11) is 0. The third-order valence-corrected chi connectivity index (χ3v) is 4.92. The molecule has 1 aromatic heterocycles. The molecule has 1 heterocycles. The maximum atomic E-state index is 13.2. The zero-order chi connectivity index (χ0) is 18.7. The first-order valence-electron chi connectivity index (χ1n) is 9.20. The molecule has 0 unspecified atom stereocenters. The molecule has 0 aliphatic rings. The van der Waals surface area contributed by atoms with Crippen LogP contribution in [0, 0.1) is 0 Å². The van der Waals surface area contributed by atoms with Crippen molar-refractivity contribution in [1.29, 1.82) is 0 Å². The molecule has 0 atom stereocenters. The lowest BCUT2D eigenvalue weighted by atomic mass is 10.0. The zero-order valence-corrected chi connectivity index (χ0v) is 15.2. The lowest BCUT2D eigenvalue weighted by Gasteiger charge is -2.12. The van der Waals surface area contributed by atoms with E-state index in [4.69, 9.17) is 0 Å². The van der Waals surface area contributed by atoms with Crippen LogP contribution in [0.2, 0.25) is 0 Å². The van der Waals surface area contributed by atoms with Gasteiger partial charge >= 0.3 is 6.18 Å². The summed E-state index contributed by atoms with van der Waals surface area (Å²) in [5, 5.41) is 0.749. The smallest absolute Gasteiger partial charge is 0.344 e. The third-order valence-electron chi connectivity index (χ3n) is 4.92. The fourth-order valence-corrected chi connectivity index (χ4v) is 3.71. The fraction of sp³-hybridized carbons (Fsp3) is 0.364. The second-order valence-electron chi connectivity index (χ2n) is 6.65. The Morgan fingerprint density at radius 1 is 0.923 bits per heavy atom. The van der Waals surface area contributed by atoms with E-state index >= 15 is 0 Å². The number of aryl methyl sites for hydroxylation is 3. The van der Waals surface area contributed by atoms with Crippen LogP contribution in [0.25, 0.3) is 10.9 Å². The molecule has 4 heteroatoms. The highest BCUT2D eigenvalue weighted by atomic mass is 19.4. The van der Waals surface area contributed by atoms with Gasteiger partial charge in [-0.3, -0.25) is 0 Å². The van der Waals surface area contributed by atoms with Crippen molar-refractivity contribution in [1.82, 2.24) is 4.57 Å². The van der Waals surface area contributed by atoms with E-state index in [1.54, 1.807) is 6.07 Å². The zero-order valence-electron chi connectivity index (χ0n) is 15.2. The number of rotatable bonds is 6. The van der Waals surface area contributed by atoms with Gasteiger partial charge in [0.15, 0.2) is 0 Å². The molecule has 0 fully saturated rings. The Labute approximate surface area is 152 Å². The summed E-state index contributed by atoms with van der Waals surface area (Å²) in [6, 6.07) is 14.4. The van der Waals surface area contributed by atoms with E-state index in [1.807, 2.05) is 25.1 Å². The molecule has 0 saturated heterocycles. The second-order valence-corrected chi connectivity index (χ2v) is 6.65. The van der Waals surface area contributed by atoms with Crippen molar-refractivity contribution in [3.8, 4) is 0 Å². The Morgan fingerprint density at radius 2 is 1.65 bits per heavy atom. The molecule has 0 spiro atoms. The molecule has 26 heavy (non-hydrogen) atoms. The molecule has 0 amide bonds. The molecule has 3 rings (SSSR count). The minimum Gasteiger partial charge on any atom is -0.344 e.